The van der Waals surface area contributed by atoms with Crippen LogP contribution in [0, 0.1) is 12.3 Å². The van der Waals surface area contributed by atoms with Gasteiger partial charge >= 0.3 is 0 Å². The zero-order valence-electron chi connectivity index (χ0n) is 14.3. The molecule has 0 spiro atoms. The number of hydrogen-bond donors (Lipinski definition) is 0. The highest BCUT2D eigenvalue weighted by atomic mass is 35.5. The Morgan fingerprint density at radius 3 is 2.70 bits per heavy atom. The molecule has 0 amide bonds. The van der Waals surface area contributed by atoms with Crippen molar-refractivity contribution in [2.75, 3.05) is 0 Å². The summed E-state index contributed by atoms with van der Waals surface area (Å²) in [5.41, 5.74) is 4.08. The molecule has 2 aromatic carbocycles. The fourth-order valence-corrected chi connectivity index (χ4v) is 3.01. The smallest absolute Gasteiger partial charge is 0.138 e. The van der Waals surface area contributed by atoms with Crippen LogP contribution in [0.2, 0.25) is 5.02 Å². The van der Waals surface area contributed by atoms with Crippen molar-refractivity contribution in [2.45, 2.75) is 6.61 Å². The molecule has 2 aromatic heterocycles. The van der Waals surface area contributed by atoms with Crippen LogP contribution in [0.15, 0.2) is 67.1 Å². The average molecular weight is 372 g/mol. The summed E-state index contributed by atoms with van der Waals surface area (Å²) in [5, 5.41) is 1.38. The van der Waals surface area contributed by atoms with Gasteiger partial charge in [-0.25, -0.2) is 9.97 Å². The van der Waals surface area contributed by atoms with Crippen LogP contribution in [-0.4, -0.2) is 15.0 Å². The standard InChI is InChI=1S/C22H14ClN3O/c1-2-15-6-8-20-18(11-15)22(26-14-25-20)16-7-9-21(19(23)12-16)27-13-17-5-3-4-10-24-17/h1,3-12,14H,13H2. The van der Waals surface area contributed by atoms with E-state index in [4.69, 9.17) is 22.8 Å². The van der Waals surface area contributed by atoms with E-state index in [1.54, 1.807) is 6.20 Å². The van der Waals surface area contributed by atoms with Gasteiger partial charge in [0, 0.05) is 22.7 Å². The molecule has 27 heavy (non-hydrogen) atoms. The van der Waals surface area contributed by atoms with Gasteiger partial charge in [-0.15, -0.1) is 6.42 Å². The molecule has 4 rings (SSSR count). The van der Waals surface area contributed by atoms with Crippen molar-refractivity contribution in [3.63, 3.8) is 0 Å². The van der Waals surface area contributed by atoms with E-state index in [1.165, 1.54) is 6.33 Å². The topological polar surface area (TPSA) is 47.9 Å². The molecular formula is C22H14ClN3O. The number of terminal acetylenes is 1. The highest BCUT2D eigenvalue weighted by Crippen LogP contribution is 2.33. The van der Waals surface area contributed by atoms with Crippen LogP contribution in [0.5, 0.6) is 5.75 Å². The lowest BCUT2D eigenvalue weighted by atomic mass is 10.0. The highest BCUT2D eigenvalue weighted by Gasteiger charge is 2.10. The van der Waals surface area contributed by atoms with E-state index in [1.807, 2.05) is 54.6 Å². The van der Waals surface area contributed by atoms with Gasteiger partial charge in [0.15, 0.2) is 0 Å². The number of rotatable bonds is 4. The summed E-state index contributed by atoms with van der Waals surface area (Å²) in [6.45, 7) is 0.349. The van der Waals surface area contributed by atoms with Crippen LogP contribution < -0.4 is 4.74 Å². The summed E-state index contributed by atoms with van der Waals surface area (Å²) in [7, 11) is 0. The third-order valence-corrected chi connectivity index (χ3v) is 4.40. The zero-order chi connectivity index (χ0) is 18.6. The Morgan fingerprint density at radius 1 is 1.00 bits per heavy atom. The van der Waals surface area contributed by atoms with Crippen molar-refractivity contribution < 1.29 is 4.74 Å². The molecule has 130 valence electrons. The molecule has 2 heterocycles. The molecule has 0 atom stereocenters. The largest absolute Gasteiger partial charge is 0.486 e. The Hall–Kier alpha value is -3.42. The van der Waals surface area contributed by atoms with Crippen molar-refractivity contribution in [1.29, 1.82) is 0 Å². The summed E-state index contributed by atoms with van der Waals surface area (Å²) >= 11 is 6.43. The van der Waals surface area contributed by atoms with E-state index < -0.39 is 0 Å². The molecule has 0 N–H and O–H groups in total. The minimum atomic E-state index is 0.349. The Bertz CT molecular complexity index is 1150. The molecule has 5 heteroatoms. The summed E-state index contributed by atoms with van der Waals surface area (Å²) in [6, 6.07) is 16.9. The average Bonchev–Trinajstić information content (AvgIpc) is 2.72. The first-order valence-electron chi connectivity index (χ1n) is 8.28. The van der Waals surface area contributed by atoms with E-state index in [2.05, 4.69) is 20.9 Å². The van der Waals surface area contributed by atoms with E-state index >= 15 is 0 Å². The number of fused-ring (bicyclic) bond motifs is 1. The number of hydrogen-bond acceptors (Lipinski definition) is 4. The van der Waals surface area contributed by atoms with Crippen LogP contribution in [0.3, 0.4) is 0 Å². The maximum atomic E-state index is 6.43. The highest BCUT2D eigenvalue weighted by molar-refractivity contribution is 6.32. The fourth-order valence-electron chi connectivity index (χ4n) is 2.78. The first-order valence-corrected chi connectivity index (χ1v) is 8.66. The maximum absolute atomic E-state index is 6.43. The van der Waals surface area contributed by atoms with Crippen LogP contribution in [-0.2, 0) is 6.61 Å². The maximum Gasteiger partial charge on any atom is 0.138 e. The molecule has 0 unspecified atom stereocenters. The van der Waals surface area contributed by atoms with Gasteiger partial charge in [-0.05, 0) is 48.5 Å². The SMILES string of the molecule is C#Cc1ccc2ncnc(-c3ccc(OCc4ccccn4)c(Cl)c3)c2c1. The van der Waals surface area contributed by atoms with Crippen molar-refractivity contribution in [3.05, 3.63) is 83.4 Å². The van der Waals surface area contributed by atoms with E-state index in [-0.39, 0.29) is 0 Å². The number of halogens is 1. The predicted octanol–water partition coefficient (Wildman–Crippen LogP) is 4.91. The van der Waals surface area contributed by atoms with E-state index in [0.29, 0.717) is 17.4 Å². The third-order valence-electron chi connectivity index (χ3n) is 4.11. The molecular weight excluding hydrogens is 358 g/mol. The van der Waals surface area contributed by atoms with Gasteiger partial charge in [0.25, 0.3) is 0 Å². The molecule has 0 aliphatic heterocycles. The number of pyridine rings is 1. The first kappa shape index (κ1) is 17.0. The lowest BCUT2D eigenvalue weighted by Crippen LogP contribution is -1.98. The van der Waals surface area contributed by atoms with Crippen molar-refractivity contribution in [2.24, 2.45) is 0 Å². The Balaban J connectivity index is 1.66. The second-order valence-corrected chi connectivity index (χ2v) is 6.26. The second kappa shape index (κ2) is 7.45. The van der Waals surface area contributed by atoms with Gasteiger partial charge < -0.3 is 4.74 Å². The quantitative estimate of drug-likeness (QED) is 0.478. The monoisotopic (exact) mass is 371 g/mol. The normalized spacial score (nSPS) is 10.5. The summed E-state index contributed by atoms with van der Waals surface area (Å²) < 4.78 is 5.78. The minimum Gasteiger partial charge on any atom is -0.486 e. The lowest BCUT2D eigenvalue weighted by molar-refractivity contribution is 0.301. The van der Waals surface area contributed by atoms with Crippen LogP contribution in [0.1, 0.15) is 11.3 Å². The number of benzene rings is 2. The molecule has 0 aliphatic carbocycles. The summed E-state index contributed by atoms with van der Waals surface area (Å²) in [5.74, 6) is 3.23. The summed E-state index contributed by atoms with van der Waals surface area (Å²) in [4.78, 5) is 13.0. The molecule has 4 aromatic rings. The van der Waals surface area contributed by atoms with Gasteiger partial charge in [0.05, 0.1) is 21.9 Å². The van der Waals surface area contributed by atoms with E-state index in [9.17, 15) is 0 Å². The van der Waals surface area contributed by atoms with E-state index in [0.717, 1.165) is 33.4 Å². The molecule has 0 aliphatic rings. The molecule has 0 bridgehead atoms. The van der Waals surface area contributed by atoms with Gasteiger partial charge in [-0.1, -0.05) is 23.6 Å². The predicted molar refractivity (Wildman–Crippen MR) is 106 cm³/mol. The van der Waals surface area contributed by atoms with Gasteiger partial charge in [-0.2, -0.15) is 0 Å². The first-order chi connectivity index (χ1) is 13.2. The van der Waals surface area contributed by atoms with Gasteiger partial charge in [0.1, 0.15) is 18.7 Å². The number of nitrogens with zero attached hydrogens (tertiary/aromatic N) is 3. The van der Waals surface area contributed by atoms with Gasteiger partial charge in [-0.3, -0.25) is 4.98 Å². The summed E-state index contributed by atoms with van der Waals surface area (Å²) in [6.07, 6.45) is 8.79. The van der Waals surface area contributed by atoms with Crippen LogP contribution >= 0.6 is 11.6 Å². The van der Waals surface area contributed by atoms with Gasteiger partial charge in [0.2, 0.25) is 0 Å². The van der Waals surface area contributed by atoms with Crippen molar-refractivity contribution >= 4 is 22.5 Å². The third kappa shape index (κ3) is 3.59. The Kier molecular flexibility index (Phi) is 4.69. The van der Waals surface area contributed by atoms with Crippen LogP contribution in [0.25, 0.3) is 22.2 Å². The fraction of sp³-hybridized carbons (Fsp3) is 0.0455. The lowest BCUT2D eigenvalue weighted by Gasteiger charge is -2.10. The number of ether oxygens (including phenoxy) is 1. The molecule has 0 saturated carbocycles. The Labute approximate surface area is 161 Å². The molecule has 4 nitrogen and oxygen atoms in total. The second-order valence-electron chi connectivity index (χ2n) is 5.85. The molecule has 0 fully saturated rings. The zero-order valence-corrected chi connectivity index (χ0v) is 15.0. The van der Waals surface area contributed by atoms with Crippen molar-refractivity contribution in [3.8, 4) is 29.4 Å². The number of aromatic nitrogens is 3. The minimum absolute atomic E-state index is 0.349. The van der Waals surface area contributed by atoms with Crippen molar-refractivity contribution in [1.82, 2.24) is 15.0 Å². The molecule has 0 saturated heterocycles. The molecule has 0 radical (unpaired) electrons. The van der Waals surface area contributed by atoms with Crippen LogP contribution in [0.4, 0.5) is 0 Å². The Morgan fingerprint density at radius 2 is 1.93 bits per heavy atom.